The Morgan fingerprint density at radius 1 is 1.31 bits per heavy atom. The van der Waals surface area contributed by atoms with E-state index >= 15 is 0 Å². The number of hydrogen-bond acceptors (Lipinski definition) is 2. The first kappa shape index (κ1) is 12.5. The van der Waals surface area contributed by atoms with Gasteiger partial charge in [0.2, 0.25) is 0 Å². The number of hydrogen-bond donors (Lipinski definition) is 0. The van der Waals surface area contributed by atoms with Crippen LogP contribution in [0.4, 0.5) is 0 Å². The van der Waals surface area contributed by atoms with E-state index < -0.39 is 5.60 Å². The van der Waals surface area contributed by atoms with E-state index in [9.17, 15) is 4.79 Å². The highest BCUT2D eigenvalue weighted by atomic mass is 16.6. The molecule has 0 saturated heterocycles. The topological polar surface area (TPSA) is 26.3 Å². The molecule has 0 atom stereocenters. The van der Waals surface area contributed by atoms with Gasteiger partial charge in [-0.3, -0.25) is 0 Å². The van der Waals surface area contributed by atoms with Crippen LogP contribution in [-0.4, -0.2) is 11.6 Å². The fourth-order valence-electron chi connectivity index (χ4n) is 1.57. The number of carbonyl (C=O) groups excluding carboxylic acids is 1. The predicted molar refractivity (Wildman–Crippen MR) is 65.1 cm³/mol. The van der Waals surface area contributed by atoms with Crippen LogP contribution in [0.5, 0.6) is 0 Å². The maximum atomic E-state index is 11.3. The number of esters is 1. The molecular formula is C14H18O2. The smallest absolute Gasteiger partial charge is 0.330 e. The number of carbonyl (C=O) groups is 1. The van der Waals surface area contributed by atoms with E-state index in [0.29, 0.717) is 0 Å². The zero-order chi connectivity index (χ0) is 12.0. The van der Waals surface area contributed by atoms with E-state index in [-0.39, 0.29) is 5.97 Å². The van der Waals surface area contributed by atoms with Gasteiger partial charge >= 0.3 is 5.97 Å². The van der Waals surface area contributed by atoms with Gasteiger partial charge in [0.05, 0.1) is 0 Å². The van der Waals surface area contributed by atoms with E-state index in [2.05, 4.69) is 0 Å². The molecule has 0 heterocycles. The van der Waals surface area contributed by atoms with E-state index in [0.717, 1.165) is 6.42 Å². The van der Waals surface area contributed by atoms with E-state index in [4.69, 9.17) is 4.74 Å². The molecule has 0 N–H and O–H groups in total. The van der Waals surface area contributed by atoms with E-state index in [1.54, 1.807) is 13.0 Å². The molecule has 0 bridgehead atoms. The Balaban J connectivity index is 2.61. The molecule has 16 heavy (non-hydrogen) atoms. The van der Waals surface area contributed by atoms with Crippen LogP contribution in [-0.2, 0) is 16.0 Å². The minimum absolute atomic E-state index is 0.288. The van der Waals surface area contributed by atoms with Crippen molar-refractivity contribution in [2.75, 3.05) is 0 Å². The second-order valence-electron chi connectivity index (χ2n) is 4.34. The van der Waals surface area contributed by atoms with Gasteiger partial charge in [0.25, 0.3) is 0 Å². The van der Waals surface area contributed by atoms with Gasteiger partial charge in [0, 0.05) is 12.5 Å². The van der Waals surface area contributed by atoms with Crippen LogP contribution in [0.2, 0.25) is 0 Å². The molecule has 0 saturated carbocycles. The highest BCUT2D eigenvalue weighted by Crippen LogP contribution is 2.17. The maximum Gasteiger partial charge on any atom is 0.330 e. The Hall–Kier alpha value is -1.57. The lowest BCUT2D eigenvalue weighted by Gasteiger charge is -2.24. The van der Waals surface area contributed by atoms with Crippen molar-refractivity contribution in [3.8, 4) is 0 Å². The van der Waals surface area contributed by atoms with Crippen LogP contribution >= 0.6 is 0 Å². The second kappa shape index (κ2) is 5.50. The zero-order valence-electron chi connectivity index (χ0n) is 10.1. The molecule has 1 aromatic rings. The normalized spacial score (nSPS) is 11.7. The van der Waals surface area contributed by atoms with Crippen LogP contribution in [0.25, 0.3) is 0 Å². The van der Waals surface area contributed by atoms with Gasteiger partial charge < -0.3 is 4.74 Å². The van der Waals surface area contributed by atoms with Crippen molar-refractivity contribution in [1.82, 2.24) is 0 Å². The molecule has 0 spiro atoms. The molecule has 0 unspecified atom stereocenters. The Kier molecular flexibility index (Phi) is 4.29. The van der Waals surface area contributed by atoms with Gasteiger partial charge in [-0.2, -0.15) is 0 Å². The standard InChI is InChI=1S/C14H18O2/c1-4-8-13(15)16-14(2,3)11-12-9-6-5-7-10-12/h4-10H,11H2,1-3H3/b8-4+. The van der Waals surface area contributed by atoms with Crippen molar-refractivity contribution in [1.29, 1.82) is 0 Å². The number of benzene rings is 1. The Labute approximate surface area is 96.9 Å². The summed E-state index contributed by atoms with van der Waals surface area (Å²) in [5, 5.41) is 0. The fourth-order valence-corrected chi connectivity index (χ4v) is 1.57. The molecule has 0 aromatic heterocycles. The van der Waals surface area contributed by atoms with Gasteiger partial charge in [-0.05, 0) is 26.3 Å². The van der Waals surface area contributed by atoms with Crippen LogP contribution in [0, 0.1) is 0 Å². The SMILES string of the molecule is C/C=C/C(=O)OC(C)(C)Cc1ccccc1. The molecule has 0 aliphatic rings. The van der Waals surface area contributed by atoms with Crippen molar-refractivity contribution in [3.63, 3.8) is 0 Å². The first-order valence-electron chi connectivity index (χ1n) is 5.43. The zero-order valence-corrected chi connectivity index (χ0v) is 10.1. The van der Waals surface area contributed by atoms with E-state index in [1.165, 1.54) is 11.6 Å². The van der Waals surface area contributed by atoms with Gasteiger partial charge in [-0.1, -0.05) is 36.4 Å². The molecule has 0 aliphatic carbocycles. The van der Waals surface area contributed by atoms with Crippen LogP contribution in [0.3, 0.4) is 0 Å². The summed E-state index contributed by atoms with van der Waals surface area (Å²) < 4.78 is 5.36. The minimum atomic E-state index is -0.474. The third-order valence-corrected chi connectivity index (χ3v) is 2.15. The highest BCUT2D eigenvalue weighted by Gasteiger charge is 2.22. The van der Waals surface area contributed by atoms with Crippen LogP contribution in [0.15, 0.2) is 42.5 Å². The molecular weight excluding hydrogens is 200 g/mol. The maximum absolute atomic E-state index is 11.3. The molecule has 0 radical (unpaired) electrons. The quantitative estimate of drug-likeness (QED) is 0.573. The number of allylic oxidation sites excluding steroid dienone is 1. The van der Waals surface area contributed by atoms with Crippen molar-refractivity contribution in [3.05, 3.63) is 48.0 Å². The molecule has 2 nitrogen and oxygen atoms in total. The van der Waals surface area contributed by atoms with Crippen LogP contribution in [0.1, 0.15) is 26.3 Å². The van der Waals surface area contributed by atoms with Crippen molar-refractivity contribution in [2.45, 2.75) is 32.8 Å². The summed E-state index contributed by atoms with van der Waals surface area (Å²) >= 11 is 0. The van der Waals surface area contributed by atoms with Gasteiger partial charge in [-0.25, -0.2) is 4.79 Å². The first-order chi connectivity index (χ1) is 7.53. The largest absolute Gasteiger partial charge is 0.456 e. The monoisotopic (exact) mass is 218 g/mol. The summed E-state index contributed by atoms with van der Waals surface area (Å²) in [7, 11) is 0. The molecule has 0 amide bonds. The summed E-state index contributed by atoms with van der Waals surface area (Å²) in [6, 6.07) is 10.0. The van der Waals surface area contributed by atoms with Crippen molar-refractivity contribution in [2.24, 2.45) is 0 Å². The van der Waals surface area contributed by atoms with Gasteiger partial charge in [0.1, 0.15) is 5.60 Å². The molecule has 2 heteroatoms. The van der Waals surface area contributed by atoms with Crippen LogP contribution < -0.4 is 0 Å². The molecule has 0 aliphatic heterocycles. The first-order valence-corrected chi connectivity index (χ1v) is 5.43. The average Bonchev–Trinajstić information content (AvgIpc) is 2.17. The summed E-state index contributed by atoms with van der Waals surface area (Å²) in [6.45, 7) is 5.63. The van der Waals surface area contributed by atoms with E-state index in [1.807, 2.05) is 44.2 Å². The third kappa shape index (κ3) is 4.30. The molecule has 86 valence electrons. The lowest BCUT2D eigenvalue weighted by molar-refractivity contribution is -0.150. The van der Waals surface area contributed by atoms with Crippen molar-refractivity contribution < 1.29 is 9.53 Å². The summed E-state index contributed by atoms with van der Waals surface area (Å²) in [6.07, 6.45) is 3.84. The van der Waals surface area contributed by atoms with Gasteiger partial charge in [-0.15, -0.1) is 0 Å². The minimum Gasteiger partial charge on any atom is -0.456 e. The molecule has 0 fully saturated rings. The van der Waals surface area contributed by atoms with Gasteiger partial charge in [0.15, 0.2) is 0 Å². The summed E-state index contributed by atoms with van der Waals surface area (Å²) in [5.41, 5.74) is 0.693. The fraction of sp³-hybridized carbons (Fsp3) is 0.357. The average molecular weight is 218 g/mol. The molecule has 1 rings (SSSR count). The Morgan fingerprint density at radius 3 is 2.50 bits per heavy atom. The lowest BCUT2D eigenvalue weighted by Crippen LogP contribution is -2.29. The summed E-state index contributed by atoms with van der Waals surface area (Å²) in [5.74, 6) is -0.288. The lowest BCUT2D eigenvalue weighted by atomic mass is 9.98. The number of rotatable bonds is 4. The van der Waals surface area contributed by atoms with Crippen molar-refractivity contribution >= 4 is 5.97 Å². The second-order valence-corrected chi connectivity index (χ2v) is 4.34. The molecule has 1 aromatic carbocycles. The Morgan fingerprint density at radius 2 is 1.94 bits per heavy atom. The highest BCUT2D eigenvalue weighted by molar-refractivity contribution is 5.82. The Bertz CT molecular complexity index is 364. The number of ether oxygens (including phenoxy) is 1. The third-order valence-electron chi connectivity index (χ3n) is 2.15. The summed E-state index contributed by atoms with van der Waals surface area (Å²) in [4.78, 5) is 11.3. The predicted octanol–water partition coefficient (Wildman–Crippen LogP) is 3.13.